The Morgan fingerprint density at radius 3 is 2.69 bits per heavy atom. The number of aromatic nitrogens is 2. The number of rotatable bonds is 3. The third-order valence-electron chi connectivity index (χ3n) is 1.55. The molecule has 1 rings (SSSR count). The van der Waals surface area contributed by atoms with Crippen LogP contribution < -0.4 is 4.90 Å². The summed E-state index contributed by atoms with van der Waals surface area (Å²) in [7, 11) is 1.84. The highest BCUT2D eigenvalue weighted by Crippen LogP contribution is 2.10. The molecule has 1 N–H and O–H groups in total. The van der Waals surface area contributed by atoms with Crippen LogP contribution in [0.3, 0.4) is 0 Å². The molecule has 0 radical (unpaired) electrons. The van der Waals surface area contributed by atoms with Crippen molar-refractivity contribution in [2.75, 3.05) is 18.5 Å². The first kappa shape index (κ1) is 10.2. The van der Waals surface area contributed by atoms with Crippen molar-refractivity contribution in [3.8, 4) is 0 Å². The molecule has 0 saturated heterocycles. The van der Waals surface area contributed by atoms with Gasteiger partial charge in [-0.2, -0.15) is 0 Å². The van der Waals surface area contributed by atoms with Crippen LogP contribution >= 0.6 is 11.6 Å². The number of hydrogen-bond donors (Lipinski definition) is 1. The third-order valence-corrected chi connectivity index (χ3v) is 1.75. The van der Waals surface area contributed by atoms with Crippen LogP contribution in [0.2, 0.25) is 5.15 Å². The maximum atomic E-state index is 9.12. The fourth-order valence-corrected chi connectivity index (χ4v) is 1.10. The predicted octanol–water partition coefficient (Wildman–Crippen LogP) is 0.947. The van der Waals surface area contributed by atoms with Gasteiger partial charge in [-0.25, -0.2) is 0 Å². The first-order chi connectivity index (χ1) is 6.09. The average Bonchev–Trinajstić information content (AvgIpc) is 2.04. The summed E-state index contributed by atoms with van der Waals surface area (Å²) < 4.78 is 0. The molecule has 0 aliphatic rings. The Balaban J connectivity index is 2.66. The molecule has 13 heavy (non-hydrogen) atoms. The lowest BCUT2D eigenvalue weighted by molar-refractivity contribution is 0.201. The van der Waals surface area contributed by atoms with E-state index in [2.05, 4.69) is 10.2 Å². The lowest BCUT2D eigenvalue weighted by Gasteiger charge is -2.18. The summed E-state index contributed by atoms with van der Waals surface area (Å²) in [6.45, 7) is 2.25. The van der Waals surface area contributed by atoms with Gasteiger partial charge in [0.2, 0.25) is 0 Å². The van der Waals surface area contributed by atoms with Crippen LogP contribution in [-0.2, 0) is 0 Å². The van der Waals surface area contributed by atoms with E-state index < -0.39 is 0 Å². The third kappa shape index (κ3) is 3.16. The number of halogens is 1. The van der Waals surface area contributed by atoms with Gasteiger partial charge in [0, 0.05) is 13.6 Å². The second-order valence-electron chi connectivity index (χ2n) is 2.94. The van der Waals surface area contributed by atoms with E-state index in [1.54, 1.807) is 19.1 Å². The molecule has 1 unspecified atom stereocenters. The molecule has 1 atom stereocenters. The topological polar surface area (TPSA) is 49.2 Å². The first-order valence-electron chi connectivity index (χ1n) is 3.98. The predicted molar refractivity (Wildman–Crippen MR) is 52.0 cm³/mol. The number of hydrogen-bond acceptors (Lipinski definition) is 4. The molecule has 1 heterocycles. The minimum Gasteiger partial charge on any atom is -0.392 e. The van der Waals surface area contributed by atoms with Gasteiger partial charge >= 0.3 is 0 Å². The van der Waals surface area contributed by atoms with Gasteiger partial charge in [-0.1, -0.05) is 11.6 Å². The van der Waals surface area contributed by atoms with Gasteiger partial charge in [0.15, 0.2) is 11.0 Å². The molecule has 1 aromatic rings. The summed E-state index contributed by atoms with van der Waals surface area (Å²) in [5.41, 5.74) is 0. The maximum Gasteiger partial charge on any atom is 0.151 e. The second kappa shape index (κ2) is 4.39. The highest BCUT2D eigenvalue weighted by atomic mass is 35.5. The number of aliphatic hydroxyl groups excluding tert-OH is 1. The van der Waals surface area contributed by atoms with E-state index in [0.29, 0.717) is 17.5 Å². The van der Waals surface area contributed by atoms with Gasteiger partial charge < -0.3 is 10.0 Å². The number of anilines is 1. The number of aliphatic hydroxyl groups is 1. The van der Waals surface area contributed by atoms with Crippen LogP contribution in [0.4, 0.5) is 5.82 Å². The van der Waals surface area contributed by atoms with Gasteiger partial charge in [-0.15, -0.1) is 10.2 Å². The van der Waals surface area contributed by atoms with Gasteiger partial charge in [-0.05, 0) is 19.1 Å². The molecule has 0 amide bonds. The summed E-state index contributed by atoms with van der Waals surface area (Å²) in [4.78, 5) is 1.81. The zero-order valence-corrected chi connectivity index (χ0v) is 8.36. The molecule has 1 aromatic heterocycles. The highest BCUT2D eigenvalue weighted by Gasteiger charge is 2.05. The summed E-state index contributed by atoms with van der Waals surface area (Å²) >= 11 is 5.58. The highest BCUT2D eigenvalue weighted by molar-refractivity contribution is 6.29. The van der Waals surface area contributed by atoms with Gasteiger partial charge in [0.25, 0.3) is 0 Å². The molecule has 4 nitrogen and oxygen atoms in total. The van der Waals surface area contributed by atoms with Crippen LogP contribution in [0.1, 0.15) is 6.92 Å². The van der Waals surface area contributed by atoms with Crippen molar-refractivity contribution in [2.45, 2.75) is 13.0 Å². The quantitative estimate of drug-likeness (QED) is 0.791. The van der Waals surface area contributed by atoms with Crippen molar-refractivity contribution in [3.05, 3.63) is 17.3 Å². The average molecular weight is 202 g/mol. The Morgan fingerprint density at radius 1 is 1.54 bits per heavy atom. The lowest BCUT2D eigenvalue weighted by Crippen LogP contribution is -2.27. The smallest absolute Gasteiger partial charge is 0.151 e. The zero-order valence-electron chi connectivity index (χ0n) is 7.61. The number of likely N-dealkylation sites (N-methyl/N-ethyl adjacent to an activating group) is 1. The molecule has 0 spiro atoms. The van der Waals surface area contributed by atoms with Crippen LogP contribution in [0, 0.1) is 0 Å². The van der Waals surface area contributed by atoms with Crippen molar-refractivity contribution in [3.63, 3.8) is 0 Å². The van der Waals surface area contributed by atoms with Gasteiger partial charge in [-0.3, -0.25) is 0 Å². The van der Waals surface area contributed by atoms with Crippen molar-refractivity contribution in [2.24, 2.45) is 0 Å². The van der Waals surface area contributed by atoms with E-state index in [4.69, 9.17) is 16.7 Å². The maximum absolute atomic E-state index is 9.12. The van der Waals surface area contributed by atoms with Crippen molar-refractivity contribution < 1.29 is 5.11 Å². The minimum absolute atomic E-state index is 0.370. The van der Waals surface area contributed by atoms with E-state index in [1.165, 1.54) is 0 Å². The molecule has 0 aromatic carbocycles. The molecular formula is C8H12ClN3O. The summed E-state index contributed by atoms with van der Waals surface area (Å²) in [5.74, 6) is 0.699. The summed E-state index contributed by atoms with van der Waals surface area (Å²) in [6.07, 6.45) is -0.387. The van der Waals surface area contributed by atoms with E-state index in [-0.39, 0.29) is 6.10 Å². The van der Waals surface area contributed by atoms with Crippen molar-refractivity contribution >= 4 is 17.4 Å². The monoisotopic (exact) mass is 201 g/mol. The van der Waals surface area contributed by atoms with Crippen molar-refractivity contribution in [1.29, 1.82) is 0 Å². The Bertz CT molecular complexity index is 263. The van der Waals surface area contributed by atoms with Crippen LogP contribution in [0.25, 0.3) is 0 Å². The minimum atomic E-state index is -0.387. The van der Waals surface area contributed by atoms with E-state index >= 15 is 0 Å². The molecular weight excluding hydrogens is 190 g/mol. The van der Waals surface area contributed by atoms with E-state index in [9.17, 15) is 0 Å². The first-order valence-corrected chi connectivity index (χ1v) is 4.36. The Hall–Kier alpha value is -0.870. The zero-order chi connectivity index (χ0) is 9.84. The van der Waals surface area contributed by atoms with Crippen molar-refractivity contribution in [1.82, 2.24) is 10.2 Å². The number of nitrogens with zero attached hydrogens (tertiary/aromatic N) is 3. The molecule has 72 valence electrons. The largest absolute Gasteiger partial charge is 0.392 e. The fraction of sp³-hybridized carbons (Fsp3) is 0.500. The molecule has 0 aliphatic carbocycles. The Morgan fingerprint density at radius 2 is 2.23 bits per heavy atom. The SMILES string of the molecule is CC(O)CN(C)c1ccc(Cl)nn1. The molecule has 0 saturated carbocycles. The second-order valence-corrected chi connectivity index (χ2v) is 3.33. The molecule has 0 bridgehead atoms. The van der Waals surface area contributed by atoms with Crippen LogP contribution in [0.15, 0.2) is 12.1 Å². The Kier molecular flexibility index (Phi) is 3.45. The van der Waals surface area contributed by atoms with Crippen LogP contribution in [-0.4, -0.2) is 35.0 Å². The van der Waals surface area contributed by atoms with Gasteiger partial charge in [0.05, 0.1) is 6.10 Å². The van der Waals surface area contributed by atoms with Gasteiger partial charge in [0.1, 0.15) is 0 Å². The molecule has 0 fully saturated rings. The fourth-order valence-electron chi connectivity index (χ4n) is 1.00. The Labute approximate surface area is 82.2 Å². The molecule has 0 aliphatic heterocycles. The standard InChI is InChI=1S/C8H12ClN3O/c1-6(13)5-12(2)8-4-3-7(9)10-11-8/h3-4,6,13H,5H2,1-2H3. The lowest BCUT2D eigenvalue weighted by atomic mass is 10.3. The normalized spacial score (nSPS) is 12.6. The van der Waals surface area contributed by atoms with E-state index in [0.717, 1.165) is 0 Å². The summed E-state index contributed by atoms with van der Waals surface area (Å²) in [6, 6.07) is 3.43. The summed E-state index contributed by atoms with van der Waals surface area (Å²) in [5, 5.41) is 17.1. The molecule has 5 heteroatoms. The van der Waals surface area contributed by atoms with Crippen LogP contribution in [0.5, 0.6) is 0 Å². The van der Waals surface area contributed by atoms with E-state index in [1.807, 2.05) is 11.9 Å².